The van der Waals surface area contributed by atoms with E-state index in [4.69, 9.17) is 0 Å². The van der Waals surface area contributed by atoms with E-state index in [2.05, 4.69) is 63.6 Å². The van der Waals surface area contributed by atoms with Gasteiger partial charge in [0, 0.05) is 36.1 Å². The van der Waals surface area contributed by atoms with E-state index in [9.17, 15) is 0 Å². The smallest absolute Gasteiger partial charge is 0.159 e. The van der Waals surface area contributed by atoms with Gasteiger partial charge in [0.15, 0.2) is 5.65 Å². The number of piperidine rings is 1. The highest BCUT2D eigenvalue weighted by Gasteiger charge is 2.22. The van der Waals surface area contributed by atoms with Gasteiger partial charge in [0.1, 0.15) is 0 Å². The number of nitrogens with zero attached hydrogens (tertiary/aromatic N) is 4. The highest BCUT2D eigenvalue weighted by Crippen LogP contribution is 2.22. The number of likely N-dealkylation sites (tertiary alicyclic amines) is 1. The lowest BCUT2D eigenvalue weighted by atomic mass is 9.98. The quantitative estimate of drug-likeness (QED) is 0.635. The Labute approximate surface area is 167 Å². The Bertz CT molecular complexity index is 902. The van der Waals surface area contributed by atoms with Crippen LogP contribution < -0.4 is 5.32 Å². The summed E-state index contributed by atoms with van der Waals surface area (Å²) in [5.41, 5.74) is 5.76. The molecular formula is C23H31N5. The minimum atomic E-state index is 0.674. The number of benzene rings is 1. The molecule has 1 aliphatic rings. The summed E-state index contributed by atoms with van der Waals surface area (Å²) in [6.07, 6.45) is 7.13. The third-order valence-corrected chi connectivity index (χ3v) is 5.80. The van der Waals surface area contributed by atoms with Gasteiger partial charge in [0.05, 0.1) is 6.20 Å². The van der Waals surface area contributed by atoms with E-state index in [1.807, 2.05) is 17.6 Å². The zero-order chi connectivity index (χ0) is 19.3. The number of fused-ring (bicyclic) bond motifs is 1. The van der Waals surface area contributed by atoms with Gasteiger partial charge >= 0.3 is 0 Å². The third-order valence-electron chi connectivity index (χ3n) is 5.80. The highest BCUT2D eigenvalue weighted by molar-refractivity contribution is 5.47. The van der Waals surface area contributed by atoms with Gasteiger partial charge in [-0.3, -0.25) is 4.90 Å². The molecule has 0 bridgehead atoms. The Morgan fingerprint density at radius 2 is 2.00 bits per heavy atom. The molecule has 28 heavy (non-hydrogen) atoms. The van der Waals surface area contributed by atoms with E-state index in [-0.39, 0.29) is 0 Å². The zero-order valence-corrected chi connectivity index (χ0v) is 17.1. The maximum atomic E-state index is 4.68. The topological polar surface area (TPSA) is 45.5 Å². The molecule has 0 spiro atoms. The van der Waals surface area contributed by atoms with E-state index >= 15 is 0 Å². The van der Waals surface area contributed by atoms with Crippen molar-refractivity contribution in [1.82, 2.24) is 24.8 Å². The van der Waals surface area contributed by atoms with Crippen LogP contribution in [0.4, 0.5) is 0 Å². The molecule has 1 aliphatic heterocycles. The normalized spacial score (nSPS) is 18.0. The first-order valence-corrected chi connectivity index (χ1v) is 10.5. The molecule has 1 aromatic carbocycles. The number of hydrogen-bond donors (Lipinski definition) is 1. The van der Waals surface area contributed by atoms with Crippen LogP contribution in [0.3, 0.4) is 0 Å². The molecule has 5 heteroatoms. The van der Waals surface area contributed by atoms with Crippen molar-refractivity contribution in [2.45, 2.75) is 58.7 Å². The molecule has 3 aromatic rings. The number of hydrogen-bond acceptors (Lipinski definition) is 4. The van der Waals surface area contributed by atoms with Crippen molar-refractivity contribution < 1.29 is 0 Å². The van der Waals surface area contributed by atoms with Crippen molar-refractivity contribution in [3.63, 3.8) is 0 Å². The van der Waals surface area contributed by atoms with E-state index in [1.165, 1.54) is 43.4 Å². The lowest BCUT2D eigenvalue weighted by Gasteiger charge is -2.36. The second-order valence-corrected chi connectivity index (χ2v) is 8.02. The maximum absolute atomic E-state index is 4.68. The lowest BCUT2D eigenvalue weighted by Crippen LogP contribution is -2.40. The molecule has 0 aliphatic carbocycles. The summed E-state index contributed by atoms with van der Waals surface area (Å²) in [7, 11) is 0. The van der Waals surface area contributed by atoms with Crippen LogP contribution in [0.15, 0.2) is 42.6 Å². The van der Waals surface area contributed by atoms with Crippen LogP contribution in [-0.4, -0.2) is 38.6 Å². The number of nitrogens with one attached hydrogen (secondary N) is 1. The first-order chi connectivity index (χ1) is 13.7. The van der Waals surface area contributed by atoms with Gasteiger partial charge in [-0.15, -0.1) is 0 Å². The minimum absolute atomic E-state index is 0.674. The summed E-state index contributed by atoms with van der Waals surface area (Å²) >= 11 is 0. The molecule has 2 aromatic heterocycles. The molecule has 0 amide bonds. The monoisotopic (exact) mass is 377 g/mol. The van der Waals surface area contributed by atoms with Crippen molar-refractivity contribution in [3.8, 4) is 0 Å². The molecule has 4 rings (SSSR count). The van der Waals surface area contributed by atoms with Crippen molar-refractivity contribution in [3.05, 3.63) is 65.1 Å². The fraction of sp³-hybridized carbons (Fsp3) is 0.478. The maximum Gasteiger partial charge on any atom is 0.159 e. The van der Waals surface area contributed by atoms with Gasteiger partial charge in [-0.2, -0.15) is 5.10 Å². The zero-order valence-electron chi connectivity index (χ0n) is 17.1. The van der Waals surface area contributed by atoms with Gasteiger partial charge in [0.2, 0.25) is 0 Å². The Hall–Kier alpha value is -2.24. The summed E-state index contributed by atoms with van der Waals surface area (Å²) in [5, 5.41) is 8.12. The van der Waals surface area contributed by atoms with E-state index in [0.717, 1.165) is 36.7 Å². The predicted octanol–water partition coefficient (Wildman–Crippen LogP) is 3.88. The number of aryl methyl sites for hydroxylation is 2. The Kier molecular flexibility index (Phi) is 6.03. The summed E-state index contributed by atoms with van der Waals surface area (Å²) in [6, 6.07) is 13.6. The van der Waals surface area contributed by atoms with Gasteiger partial charge in [-0.1, -0.05) is 36.8 Å². The summed E-state index contributed by atoms with van der Waals surface area (Å²) in [6.45, 7) is 8.26. The second kappa shape index (κ2) is 8.84. The molecular weight excluding hydrogens is 346 g/mol. The molecule has 1 atom stereocenters. The van der Waals surface area contributed by atoms with Crippen LogP contribution in [0.25, 0.3) is 5.65 Å². The van der Waals surface area contributed by atoms with Crippen LogP contribution >= 0.6 is 0 Å². The molecule has 3 heterocycles. The van der Waals surface area contributed by atoms with Gasteiger partial charge < -0.3 is 5.32 Å². The average molecular weight is 378 g/mol. The van der Waals surface area contributed by atoms with Crippen molar-refractivity contribution in [2.24, 2.45) is 0 Å². The van der Waals surface area contributed by atoms with Crippen LogP contribution in [0.2, 0.25) is 0 Å². The summed E-state index contributed by atoms with van der Waals surface area (Å²) in [4.78, 5) is 7.35. The van der Waals surface area contributed by atoms with Crippen LogP contribution in [-0.2, 0) is 13.1 Å². The molecule has 5 nitrogen and oxygen atoms in total. The largest absolute Gasteiger partial charge is 0.312 e. The predicted molar refractivity (Wildman–Crippen MR) is 113 cm³/mol. The van der Waals surface area contributed by atoms with E-state index in [1.54, 1.807) is 0 Å². The Morgan fingerprint density at radius 3 is 2.86 bits per heavy atom. The Morgan fingerprint density at radius 1 is 1.14 bits per heavy atom. The second-order valence-electron chi connectivity index (χ2n) is 8.02. The van der Waals surface area contributed by atoms with E-state index in [0.29, 0.717) is 6.04 Å². The Balaban J connectivity index is 1.31. The fourth-order valence-electron chi connectivity index (χ4n) is 4.35. The van der Waals surface area contributed by atoms with Crippen LogP contribution in [0.5, 0.6) is 0 Å². The first-order valence-electron chi connectivity index (χ1n) is 10.5. The standard InChI is InChI=1S/C23H31N5/c1-18-14-19(2)28-23(26-18)21(16-25-28)15-24-12-11-22-10-6-7-13-27(22)17-20-8-4-3-5-9-20/h3-5,8-9,14,16,22,24H,6-7,10-13,15,17H2,1-2H3. The lowest BCUT2D eigenvalue weighted by molar-refractivity contribution is 0.132. The minimum Gasteiger partial charge on any atom is -0.312 e. The summed E-state index contributed by atoms with van der Waals surface area (Å²) in [5.74, 6) is 0. The van der Waals surface area contributed by atoms with Crippen molar-refractivity contribution >= 4 is 5.65 Å². The molecule has 1 unspecified atom stereocenters. The third kappa shape index (κ3) is 4.42. The fourth-order valence-corrected chi connectivity index (χ4v) is 4.35. The average Bonchev–Trinajstić information content (AvgIpc) is 3.10. The van der Waals surface area contributed by atoms with E-state index < -0.39 is 0 Å². The molecule has 0 saturated carbocycles. The molecule has 1 saturated heterocycles. The first kappa shape index (κ1) is 19.1. The molecule has 148 valence electrons. The SMILES string of the molecule is Cc1cc(C)n2ncc(CNCCC3CCCCN3Cc3ccccc3)c2n1. The van der Waals surface area contributed by atoms with Gasteiger partial charge in [0.25, 0.3) is 0 Å². The van der Waals surface area contributed by atoms with Gasteiger partial charge in [-0.05, 0) is 57.8 Å². The number of rotatable bonds is 7. The van der Waals surface area contributed by atoms with Crippen molar-refractivity contribution in [2.75, 3.05) is 13.1 Å². The highest BCUT2D eigenvalue weighted by atomic mass is 15.3. The molecule has 1 N–H and O–H groups in total. The summed E-state index contributed by atoms with van der Waals surface area (Å²) < 4.78 is 1.94. The van der Waals surface area contributed by atoms with Crippen LogP contribution in [0.1, 0.15) is 48.2 Å². The van der Waals surface area contributed by atoms with Gasteiger partial charge in [-0.25, -0.2) is 9.50 Å². The molecule has 0 radical (unpaired) electrons. The molecule has 1 fully saturated rings. The number of aromatic nitrogens is 3. The van der Waals surface area contributed by atoms with Crippen LogP contribution in [0, 0.1) is 13.8 Å². The van der Waals surface area contributed by atoms with Crippen molar-refractivity contribution in [1.29, 1.82) is 0 Å².